The van der Waals surface area contributed by atoms with Crippen LogP contribution in [-0.4, -0.2) is 35.3 Å². The van der Waals surface area contributed by atoms with Crippen LogP contribution in [0.2, 0.25) is 5.02 Å². The van der Waals surface area contributed by atoms with Gasteiger partial charge in [0, 0.05) is 35.8 Å². The maximum absolute atomic E-state index is 12.8. The molecule has 0 spiro atoms. The highest BCUT2D eigenvalue weighted by molar-refractivity contribution is 7.89. The van der Waals surface area contributed by atoms with Gasteiger partial charge in [-0.3, -0.25) is 0 Å². The summed E-state index contributed by atoms with van der Waals surface area (Å²) >= 11 is 6.23. The lowest BCUT2D eigenvalue weighted by Crippen LogP contribution is -2.44. The number of nitrogens with one attached hydrogen (secondary N) is 1. The third-order valence-electron chi connectivity index (χ3n) is 5.11. The molecule has 1 N–H and O–H groups in total. The minimum Gasteiger partial charge on any atom is -0.496 e. The fraction of sp³-hybridized carbons (Fsp3) is 0.400. The van der Waals surface area contributed by atoms with Gasteiger partial charge in [-0.1, -0.05) is 29.3 Å². The summed E-state index contributed by atoms with van der Waals surface area (Å²) in [6, 6.07) is 12.3. The van der Waals surface area contributed by atoms with Crippen molar-refractivity contribution in [2.75, 3.05) is 26.9 Å². The quantitative estimate of drug-likeness (QED) is 0.790. The van der Waals surface area contributed by atoms with Crippen LogP contribution in [0.1, 0.15) is 24.0 Å². The van der Waals surface area contributed by atoms with E-state index in [1.54, 1.807) is 37.4 Å². The van der Waals surface area contributed by atoms with Gasteiger partial charge in [0.05, 0.1) is 12.0 Å². The van der Waals surface area contributed by atoms with Crippen molar-refractivity contribution in [2.45, 2.75) is 30.1 Å². The molecule has 0 unspecified atom stereocenters. The van der Waals surface area contributed by atoms with Gasteiger partial charge in [-0.25, -0.2) is 13.1 Å². The number of rotatable bonds is 6. The van der Waals surface area contributed by atoms with Crippen LogP contribution < -0.4 is 9.46 Å². The van der Waals surface area contributed by atoms with E-state index in [1.807, 2.05) is 19.1 Å². The zero-order chi connectivity index (χ0) is 19.5. The van der Waals surface area contributed by atoms with E-state index in [0.29, 0.717) is 36.8 Å². The Labute approximate surface area is 165 Å². The van der Waals surface area contributed by atoms with Crippen molar-refractivity contribution < 1.29 is 17.9 Å². The molecule has 1 fully saturated rings. The second-order valence-corrected chi connectivity index (χ2v) is 9.08. The van der Waals surface area contributed by atoms with Crippen LogP contribution >= 0.6 is 11.6 Å². The Kier molecular flexibility index (Phi) is 6.11. The monoisotopic (exact) mass is 409 g/mol. The Balaban J connectivity index is 1.92. The van der Waals surface area contributed by atoms with Crippen molar-refractivity contribution in [3.63, 3.8) is 0 Å². The highest BCUT2D eigenvalue weighted by Crippen LogP contribution is 2.41. The maximum atomic E-state index is 12.8. The van der Waals surface area contributed by atoms with Crippen LogP contribution in [0.25, 0.3) is 0 Å². The summed E-state index contributed by atoms with van der Waals surface area (Å²) in [4.78, 5) is 0.258. The molecular formula is C20H24ClNO4S. The van der Waals surface area contributed by atoms with E-state index in [9.17, 15) is 8.42 Å². The number of sulfonamides is 1. The second kappa shape index (κ2) is 8.19. The minimum absolute atomic E-state index is 0.253. The SMILES string of the molecule is COc1ccc(Cl)cc1C1(CNS(=O)(=O)c2ccc(C)cc2)CCOCC1. The van der Waals surface area contributed by atoms with Crippen molar-refractivity contribution in [3.8, 4) is 5.75 Å². The Morgan fingerprint density at radius 2 is 1.81 bits per heavy atom. The fourth-order valence-electron chi connectivity index (χ4n) is 3.43. The van der Waals surface area contributed by atoms with Gasteiger partial charge in [-0.05, 0) is 50.1 Å². The lowest BCUT2D eigenvalue weighted by molar-refractivity contribution is 0.0509. The third-order valence-corrected chi connectivity index (χ3v) is 6.77. The molecule has 27 heavy (non-hydrogen) atoms. The molecule has 5 nitrogen and oxygen atoms in total. The van der Waals surface area contributed by atoms with Gasteiger partial charge in [0.15, 0.2) is 0 Å². The Hall–Kier alpha value is -1.60. The van der Waals surface area contributed by atoms with Crippen LogP contribution in [0.5, 0.6) is 5.75 Å². The molecule has 0 saturated carbocycles. The smallest absolute Gasteiger partial charge is 0.240 e. The van der Waals surface area contributed by atoms with Crippen LogP contribution in [0.15, 0.2) is 47.4 Å². The second-order valence-electron chi connectivity index (χ2n) is 6.87. The van der Waals surface area contributed by atoms with Crippen LogP contribution in [0.4, 0.5) is 0 Å². The molecule has 0 radical (unpaired) electrons. The van der Waals surface area contributed by atoms with Gasteiger partial charge in [0.2, 0.25) is 10.0 Å². The van der Waals surface area contributed by atoms with Crippen LogP contribution in [0.3, 0.4) is 0 Å². The van der Waals surface area contributed by atoms with Crippen molar-refractivity contribution in [1.82, 2.24) is 4.72 Å². The predicted octanol–water partition coefficient (Wildman–Crippen LogP) is 3.68. The molecule has 0 bridgehead atoms. The molecule has 3 rings (SSSR count). The third kappa shape index (κ3) is 4.46. The zero-order valence-electron chi connectivity index (χ0n) is 15.5. The molecule has 1 saturated heterocycles. The molecule has 7 heteroatoms. The largest absolute Gasteiger partial charge is 0.496 e. The topological polar surface area (TPSA) is 64.6 Å². The first-order chi connectivity index (χ1) is 12.9. The van der Waals surface area contributed by atoms with Crippen molar-refractivity contribution >= 4 is 21.6 Å². The summed E-state index contributed by atoms with van der Waals surface area (Å²) in [5, 5.41) is 0.595. The standard InChI is InChI=1S/C20H24ClNO4S/c1-15-3-6-17(7-4-15)27(23,24)22-14-20(9-11-26-12-10-20)18-13-16(21)5-8-19(18)25-2/h3-8,13,22H,9-12,14H2,1-2H3. The van der Waals surface area contributed by atoms with E-state index < -0.39 is 15.4 Å². The molecule has 2 aromatic rings. The van der Waals surface area contributed by atoms with E-state index in [1.165, 1.54) is 0 Å². The van der Waals surface area contributed by atoms with E-state index >= 15 is 0 Å². The van der Waals surface area contributed by atoms with E-state index in [0.717, 1.165) is 11.1 Å². The molecule has 0 aromatic heterocycles. The summed E-state index contributed by atoms with van der Waals surface area (Å²) in [6.45, 7) is 3.29. The van der Waals surface area contributed by atoms with Crippen molar-refractivity contribution in [3.05, 3.63) is 58.6 Å². The molecular weight excluding hydrogens is 386 g/mol. The minimum atomic E-state index is -3.62. The Morgan fingerprint density at radius 1 is 1.15 bits per heavy atom. The van der Waals surface area contributed by atoms with Gasteiger partial charge in [0.25, 0.3) is 0 Å². The van der Waals surface area contributed by atoms with Crippen LogP contribution in [0, 0.1) is 6.92 Å². The van der Waals surface area contributed by atoms with Gasteiger partial charge in [-0.15, -0.1) is 0 Å². The average molecular weight is 410 g/mol. The summed E-state index contributed by atoms with van der Waals surface area (Å²) in [5.74, 6) is 0.704. The maximum Gasteiger partial charge on any atom is 0.240 e. The lowest BCUT2D eigenvalue weighted by Gasteiger charge is -2.38. The van der Waals surface area contributed by atoms with E-state index in [4.69, 9.17) is 21.1 Å². The molecule has 1 aliphatic heterocycles. The number of benzene rings is 2. The molecule has 1 heterocycles. The van der Waals surface area contributed by atoms with E-state index in [2.05, 4.69) is 4.72 Å². The van der Waals surface area contributed by atoms with Gasteiger partial charge in [0.1, 0.15) is 5.75 Å². The summed E-state index contributed by atoms with van der Waals surface area (Å²) in [7, 11) is -2.01. The molecule has 146 valence electrons. The first-order valence-electron chi connectivity index (χ1n) is 8.84. The summed E-state index contributed by atoms with van der Waals surface area (Å²) in [5.41, 5.74) is 1.48. The zero-order valence-corrected chi connectivity index (χ0v) is 17.1. The number of aryl methyl sites for hydroxylation is 1. The molecule has 0 atom stereocenters. The molecule has 0 aliphatic carbocycles. The van der Waals surface area contributed by atoms with Crippen LogP contribution in [-0.2, 0) is 20.2 Å². The van der Waals surface area contributed by atoms with Crippen molar-refractivity contribution in [1.29, 1.82) is 0 Å². The normalized spacial score (nSPS) is 16.9. The van der Waals surface area contributed by atoms with Gasteiger partial charge < -0.3 is 9.47 Å². The summed E-state index contributed by atoms with van der Waals surface area (Å²) in [6.07, 6.45) is 1.36. The number of halogens is 1. The number of ether oxygens (including phenoxy) is 2. The highest BCUT2D eigenvalue weighted by Gasteiger charge is 2.38. The molecule has 1 aliphatic rings. The number of methoxy groups -OCH3 is 1. The van der Waals surface area contributed by atoms with Crippen molar-refractivity contribution in [2.24, 2.45) is 0 Å². The fourth-order valence-corrected chi connectivity index (χ4v) is 4.73. The van der Waals surface area contributed by atoms with Gasteiger partial charge >= 0.3 is 0 Å². The van der Waals surface area contributed by atoms with Gasteiger partial charge in [-0.2, -0.15) is 0 Å². The Morgan fingerprint density at radius 3 is 2.44 bits per heavy atom. The predicted molar refractivity (Wildman–Crippen MR) is 106 cm³/mol. The highest BCUT2D eigenvalue weighted by atomic mass is 35.5. The van der Waals surface area contributed by atoms with E-state index in [-0.39, 0.29) is 11.4 Å². The number of hydrogen-bond acceptors (Lipinski definition) is 4. The Bertz CT molecular complexity index is 891. The summed E-state index contributed by atoms with van der Waals surface area (Å²) < 4.78 is 39.4. The molecule has 2 aromatic carbocycles. The first kappa shape index (κ1) is 20.1. The molecule has 0 amide bonds. The number of hydrogen-bond donors (Lipinski definition) is 1. The first-order valence-corrected chi connectivity index (χ1v) is 10.7. The lowest BCUT2D eigenvalue weighted by atomic mass is 9.74. The average Bonchev–Trinajstić information content (AvgIpc) is 2.67.